The van der Waals surface area contributed by atoms with Gasteiger partial charge in [0.1, 0.15) is 6.04 Å². The second-order valence-corrected chi connectivity index (χ2v) is 12.3. The Morgan fingerprint density at radius 1 is 1.02 bits per heavy atom. The molecule has 12 heteroatoms. The molecule has 11 nitrogen and oxygen atoms in total. The zero-order valence-corrected chi connectivity index (χ0v) is 26.3. The van der Waals surface area contributed by atoms with Crippen LogP contribution in [-0.2, 0) is 22.4 Å². The number of hydrogen-bond acceptors (Lipinski definition) is 9. The quantitative estimate of drug-likeness (QED) is 0.156. The third kappa shape index (κ3) is 6.80. The number of aromatic nitrogens is 3. The van der Waals surface area contributed by atoms with Crippen LogP contribution in [0.15, 0.2) is 88.2 Å². The molecule has 2 amide bonds. The van der Waals surface area contributed by atoms with Crippen LogP contribution in [0.4, 0.5) is 4.79 Å². The Kier molecular flexibility index (Phi) is 9.05. The number of carbonyl (C=O) groups excluding carboxylic acids is 1. The van der Waals surface area contributed by atoms with Crippen molar-refractivity contribution >= 4 is 23.3 Å². The maximum Gasteiger partial charge on any atom is 0.408 e. The Labute approximate surface area is 275 Å². The first kappa shape index (κ1) is 30.7. The standard InChI is InChI=1S/C35H33N5O6S/c41-33(39-45-32-11-5-6-16-44-32)23-14-12-22(13-15-23)17-31-37-34(46-38-31)30(18-24-20-47-21-36-24)40(35(42)43)19-29-27-9-3-1-7-25(27)26-8-2-4-10-28(26)29/h1-4,7-10,12-15,20-21,29-30,32H,5-6,11,16-19H2,(H,39,41)(H,42,43)/t30-,32?/m0/s1. The van der Waals surface area contributed by atoms with Crippen molar-refractivity contribution in [1.29, 1.82) is 0 Å². The van der Waals surface area contributed by atoms with Crippen LogP contribution in [0.2, 0.25) is 0 Å². The van der Waals surface area contributed by atoms with Gasteiger partial charge in [0.25, 0.3) is 5.91 Å². The van der Waals surface area contributed by atoms with E-state index in [0.717, 1.165) is 52.8 Å². The number of hydroxylamine groups is 1. The van der Waals surface area contributed by atoms with E-state index in [1.807, 2.05) is 41.8 Å². The molecule has 0 spiro atoms. The molecule has 0 bridgehead atoms. The van der Waals surface area contributed by atoms with Gasteiger partial charge in [0.05, 0.1) is 11.2 Å². The fourth-order valence-corrected chi connectivity index (χ4v) is 6.84. The molecule has 240 valence electrons. The van der Waals surface area contributed by atoms with E-state index in [9.17, 15) is 14.7 Å². The Bertz CT molecular complexity index is 1790. The first-order valence-electron chi connectivity index (χ1n) is 15.6. The van der Waals surface area contributed by atoms with Crippen LogP contribution < -0.4 is 5.48 Å². The van der Waals surface area contributed by atoms with E-state index in [-0.39, 0.29) is 30.7 Å². The minimum atomic E-state index is -1.08. The molecule has 3 aromatic carbocycles. The van der Waals surface area contributed by atoms with Gasteiger partial charge in [-0.25, -0.2) is 20.1 Å². The summed E-state index contributed by atoms with van der Waals surface area (Å²) in [5, 5.41) is 16.7. The largest absolute Gasteiger partial charge is 0.465 e. The Balaban J connectivity index is 1.09. The predicted molar refractivity (Wildman–Crippen MR) is 173 cm³/mol. The predicted octanol–water partition coefficient (Wildman–Crippen LogP) is 6.38. The van der Waals surface area contributed by atoms with Crippen molar-refractivity contribution in [2.75, 3.05) is 13.2 Å². The van der Waals surface area contributed by atoms with E-state index >= 15 is 0 Å². The lowest BCUT2D eigenvalue weighted by atomic mass is 9.95. The minimum Gasteiger partial charge on any atom is -0.465 e. The number of thiazole rings is 1. The lowest BCUT2D eigenvalue weighted by Crippen LogP contribution is -2.38. The summed E-state index contributed by atoms with van der Waals surface area (Å²) in [6, 6.07) is 22.5. The SMILES string of the molecule is O=C(NOC1CCCCO1)c1ccc(Cc2noc([C@H](Cc3cscn3)N(CC3c4ccccc4-c4ccccc43)C(=O)O)n2)cc1. The Hall–Kier alpha value is -4.91. The van der Waals surface area contributed by atoms with Gasteiger partial charge in [-0.3, -0.25) is 9.69 Å². The first-order valence-corrected chi connectivity index (χ1v) is 16.5. The molecule has 2 atom stereocenters. The number of hydrogen-bond donors (Lipinski definition) is 2. The zero-order chi connectivity index (χ0) is 32.2. The van der Waals surface area contributed by atoms with Gasteiger partial charge < -0.3 is 14.4 Å². The molecule has 1 aliphatic heterocycles. The van der Waals surface area contributed by atoms with Gasteiger partial charge >= 0.3 is 6.09 Å². The van der Waals surface area contributed by atoms with Crippen LogP contribution >= 0.6 is 11.3 Å². The number of nitrogens with one attached hydrogen (secondary N) is 1. The van der Waals surface area contributed by atoms with Crippen LogP contribution in [0, 0.1) is 0 Å². The molecule has 2 aromatic heterocycles. The summed E-state index contributed by atoms with van der Waals surface area (Å²) in [6.07, 6.45) is 1.83. The number of benzene rings is 3. The molecule has 1 aliphatic carbocycles. The Morgan fingerprint density at radius 2 is 1.77 bits per heavy atom. The number of rotatable bonds is 11. The molecule has 1 saturated heterocycles. The second-order valence-electron chi connectivity index (χ2n) is 11.6. The van der Waals surface area contributed by atoms with Crippen molar-refractivity contribution in [3.8, 4) is 11.1 Å². The number of fused-ring (bicyclic) bond motifs is 3. The van der Waals surface area contributed by atoms with Gasteiger partial charge in [0, 0.05) is 49.3 Å². The summed E-state index contributed by atoms with van der Waals surface area (Å²) in [7, 11) is 0. The fourth-order valence-electron chi connectivity index (χ4n) is 6.27. The Morgan fingerprint density at radius 3 is 2.43 bits per heavy atom. The maximum absolute atomic E-state index is 12.9. The van der Waals surface area contributed by atoms with Crippen molar-refractivity contribution in [2.45, 2.75) is 50.4 Å². The summed E-state index contributed by atoms with van der Waals surface area (Å²) in [6.45, 7) is 0.826. The molecule has 0 radical (unpaired) electrons. The number of nitrogens with zero attached hydrogens (tertiary/aromatic N) is 4. The molecular weight excluding hydrogens is 618 g/mol. The van der Waals surface area contributed by atoms with E-state index < -0.39 is 18.4 Å². The van der Waals surface area contributed by atoms with Gasteiger partial charge in [-0.15, -0.1) is 11.3 Å². The van der Waals surface area contributed by atoms with E-state index in [0.29, 0.717) is 24.4 Å². The van der Waals surface area contributed by atoms with Crippen LogP contribution in [-0.4, -0.2) is 56.6 Å². The molecule has 5 aromatic rings. The van der Waals surface area contributed by atoms with Crippen LogP contribution in [0.3, 0.4) is 0 Å². The van der Waals surface area contributed by atoms with Crippen molar-refractivity contribution in [2.24, 2.45) is 0 Å². The third-order valence-electron chi connectivity index (χ3n) is 8.62. The molecule has 3 heterocycles. The smallest absolute Gasteiger partial charge is 0.408 e. The third-order valence-corrected chi connectivity index (χ3v) is 9.25. The summed E-state index contributed by atoms with van der Waals surface area (Å²) in [5.41, 5.74) is 10.6. The van der Waals surface area contributed by atoms with E-state index in [1.54, 1.807) is 17.6 Å². The first-order chi connectivity index (χ1) is 23.0. The number of ether oxygens (including phenoxy) is 1. The maximum atomic E-state index is 12.9. The van der Waals surface area contributed by atoms with Crippen LogP contribution in [0.25, 0.3) is 11.1 Å². The molecule has 2 aliphatic rings. The second kappa shape index (κ2) is 13.8. The summed E-state index contributed by atoms with van der Waals surface area (Å²) in [4.78, 5) is 41.4. The minimum absolute atomic E-state index is 0.157. The number of amides is 2. The monoisotopic (exact) mass is 651 g/mol. The average molecular weight is 652 g/mol. The van der Waals surface area contributed by atoms with E-state index in [4.69, 9.17) is 14.1 Å². The topological polar surface area (TPSA) is 140 Å². The van der Waals surface area contributed by atoms with Gasteiger partial charge in [-0.1, -0.05) is 65.8 Å². The highest BCUT2D eigenvalue weighted by molar-refractivity contribution is 7.07. The molecule has 1 fully saturated rings. The molecule has 0 saturated carbocycles. The highest BCUT2D eigenvalue weighted by Gasteiger charge is 2.36. The van der Waals surface area contributed by atoms with E-state index in [2.05, 4.69) is 44.9 Å². The molecular formula is C35H33N5O6S. The van der Waals surface area contributed by atoms with Crippen molar-refractivity contribution in [3.05, 3.63) is 123 Å². The lowest BCUT2D eigenvalue weighted by molar-refractivity contribution is -0.186. The molecule has 7 rings (SSSR count). The molecule has 1 unspecified atom stereocenters. The number of carbonyl (C=O) groups is 2. The highest BCUT2D eigenvalue weighted by atomic mass is 32.1. The van der Waals surface area contributed by atoms with Gasteiger partial charge in [-0.05, 0) is 52.8 Å². The summed E-state index contributed by atoms with van der Waals surface area (Å²) < 4.78 is 11.2. The molecule has 2 N–H and O–H groups in total. The molecule has 47 heavy (non-hydrogen) atoms. The van der Waals surface area contributed by atoms with Gasteiger partial charge in [-0.2, -0.15) is 4.98 Å². The van der Waals surface area contributed by atoms with Crippen LogP contribution in [0.1, 0.15) is 75.7 Å². The van der Waals surface area contributed by atoms with Crippen molar-refractivity contribution < 1.29 is 28.8 Å². The normalized spacial score (nSPS) is 16.3. The van der Waals surface area contributed by atoms with E-state index in [1.165, 1.54) is 16.2 Å². The average Bonchev–Trinajstić information content (AvgIpc) is 3.86. The summed E-state index contributed by atoms with van der Waals surface area (Å²) in [5.74, 6) is 0.0852. The van der Waals surface area contributed by atoms with Gasteiger partial charge in [0.2, 0.25) is 5.89 Å². The highest BCUT2D eigenvalue weighted by Crippen LogP contribution is 2.45. The number of carboxylic acid groups (broad SMARTS) is 1. The van der Waals surface area contributed by atoms with Crippen molar-refractivity contribution in [3.63, 3.8) is 0 Å². The zero-order valence-electron chi connectivity index (χ0n) is 25.5. The lowest BCUT2D eigenvalue weighted by Gasteiger charge is -2.29. The summed E-state index contributed by atoms with van der Waals surface area (Å²) >= 11 is 1.45. The fraction of sp³-hybridized carbons (Fsp3) is 0.286. The van der Waals surface area contributed by atoms with Gasteiger partial charge in [0.15, 0.2) is 12.1 Å². The van der Waals surface area contributed by atoms with Crippen molar-refractivity contribution in [1.82, 2.24) is 25.5 Å². The van der Waals surface area contributed by atoms with Crippen LogP contribution in [0.5, 0.6) is 0 Å².